The zero-order valence-electron chi connectivity index (χ0n) is 8.21. The Labute approximate surface area is 94.7 Å². The zero-order chi connectivity index (χ0) is 11.7. The van der Waals surface area contributed by atoms with Crippen LogP contribution < -0.4 is 0 Å². The van der Waals surface area contributed by atoms with Gasteiger partial charge in [-0.1, -0.05) is 15.9 Å². The van der Waals surface area contributed by atoms with Gasteiger partial charge in [-0.15, -0.1) is 0 Å². The molecular formula is C10H10BrFO3. The molecule has 0 aliphatic carbocycles. The number of hydrogen-bond donors (Lipinski definition) is 2. The van der Waals surface area contributed by atoms with E-state index < -0.39 is 23.5 Å². The fourth-order valence-corrected chi connectivity index (χ4v) is 1.79. The van der Waals surface area contributed by atoms with E-state index in [-0.39, 0.29) is 5.56 Å². The number of carbonyl (C=O) groups is 1. The maximum Gasteiger partial charge on any atom is 0.310 e. The molecule has 0 saturated carbocycles. The van der Waals surface area contributed by atoms with Crippen LogP contribution in [0.25, 0.3) is 0 Å². The average molecular weight is 277 g/mol. The quantitative estimate of drug-likeness (QED) is 0.873. The van der Waals surface area contributed by atoms with Crippen LogP contribution in [0.4, 0.5) is 4.39 Å². The van der Waals surface area contributed by atoms with Gasteiger partial charge in [0.2, 0.25) is 0 Å². The number of carboxylic acid groups (broad SMARTS) is 1. The fourth-order valence-electron chi connectivity index (χ4n) is 1.38. The summed E-state index contributed by atoms with van der Waals surface area (Å²) in [4.78, 5) is 10.8. The third-order valence-corrected chi connectivity index (χ3v) is 3.12. The highest BCUT2D eigenvalue weighted by Crippen LogP contribution is 2.35. The normalized spacial score (nSPS) is 12.5. The van der Waals surface area contributed by atoms with Gasteiger partial charge in [-0.05, 0) is 25.5 Å². The van der Waals surface area contributed by atoms with Gasteiger partial charge >= 0.3 is 5.97 Å². The second-order valence-electron chi connectivity index (χ2n) is 3.29. The first-order valence-electron chi connectivity index (χ1n) is 4.26. The SMILES string of the molecule is Cc1c(Br)cc(F)c(O)c1C(C)C(=O)O. The first-order chi connectivity index (χ1) is 6.86. The van der Waals surface area contributed by atoms with Crippen molar-refractivity contribution in [1.82, 2.24) is 0 Å². The summed E-state index contributed by atoms with van der Waals surface area (Å²) in [6, 6.07) is 1.11. The van der Waals surface area contributed by atoms with Crippen LogP contribution in [-0.2, 0) is 4.79 Å². The molecule has 1 rings (SSSR count). The van der Waals surface area contributed by atoms with Gasteiger partial charge in [0.15, 0.2) is 11.6 Å². The number of aliphatic carboxylic acids is 1. The summed E-state index contributed by atoms with van der Waals surface area (Å²) < 4.78 is 13.6. The van der Waals surface area contributed by atoms with Crippen LogP contribution in [-0.4, -0.2) is 16.2 Å². The van der Waals surface area contributed by atoms with E-state index >= 15 is 0 Å². The minimum Gasteiger partial charge on any atom is -0.505 e. The number of halogens is 2. The molecule has 0 bridgehead atoms. The Morgan fingerprint density at radius 3 is 2.60 bits per heavy atom. The first kappa shape index (κ1) is 12.0. The molecule has 5 heteroatoms. The average Bonchev–Trinajstić information content (AvgIpc) is 2.15. The molecule has 1 aromatic rings. The van der Waals surface area contributed by atoms with Crippen molar-refractivity contribution in [2.24, 2.45) is 0 Å². The van der Waals surface area contributed by atoms with Crippen LogP contribution >= 0.6 is 15.9 Å². The van der Waals surface area contributed by atoms with Crippen LogP contribution in [0.1, 0.15) is 24.0 Å². The Bertz CT molecular complexity index is 391. The van der Waals surface area contributed by atoms with E-state index in [1.807, 2.05) is 0 Å². The van der Waals surface area contributed by atoms with E-state index in [0.29, 0.717) is 10.0 Å². The number of phenolic OH excluding ortho intramolecular Hbond substituents is 1. The summed E-state index contributed by atoms with van der Waals surface area (Å²) in [6.07, 6.45) is 0. The lowest BCUT2D eigenvalue weighted by molar-refractivity contribution is -0.138. The lowest BCUT2D eigenvalue weighted by Crippen LogP contribution is -2.10. The molecule has 3 nitrogen and oxygen atoms in total. The molecule has 1 aromatic carbocycles. The smallest absolute Gasteiger partial charge is 0.310 e. The second-order valence-corrected chi connectivity index (χ2v) is 4.14. The van der Waals surface area contributed by atoms with Crippen molar-refractivity contribution >= 4 is 21.9 Å². The third-order valence-electron chi connectivity index (χ3n) is 2.30. The van der Waals surface area contributed by atoms with Crippen molar-refractivity contribution in [1.29, 1.82) is 0 Å². The molecule has 0 aliphatic heterocycles. The van der Waals surface area contributed by atoms with Gasteiger partial charge in [-0.3, -0.25) is 4.79 Å². The van der Waals surface area contributed by atoms with Gasteiger partial charge in [-0.25, -0.2) is 4.39 Å². The summed E-state index contributed by atoms with van der Waals surface area (Å²) in [5, 5.41) is 18.3. The molecule has 1 unspecified atom stereocenters. The summed E-state index contributed by atoms with van der Waals surface area (Å²) in [7, 11) is 0. The van der Waals surface area contributed by atoms with E-state index in [4.69, 9.17) is 5.11 Å². The van der Waals surface area contributed by atoms with E-state index in [9.17, 15) is 14.3 Å². The van der Waals surface area contributed by atoms with Crippen molar-refractivity contribution < 1.29 is 19.4 Å². The van der Waals surface area contributed by atoms with E-state index in [0.717, 1.165) is 6.07 Å². The number of benzene rings is 1. The Kier molecular flexibility index (Phi) is 3.34. The Morgan fingerprint density at radius 1 is 1.60 bits per heavy atom. The van der Waals surface area contributed by atoms with Crippen molar-refractivity contribution in [3.05, 3.63) is 27.5 Å². The van der Waals surface area contributed by atoms with E-state index in [1.165, 1.54) is 6.92 Å². The molecule has 0 amide bonds. The number of carboxylic acids is 1. The molecule has 0 radical (unpaired) electrons. The zero-order valence-corrected chi connectivity index (χ0v) is 9.80. The predicted molar refractivity (Wildman–Crippen MR) is 56.6 cm³/mol. The Balaban J connectivity index is 3.45. The van der Waals surface area contributed by atoms with E-state index in [2.05, 4.69) is 15.9 Å². The maximum atomic E-state index is 13.2. The first-order valence-corrected chi connectivity index (χ1v) is 5.05. The molecule has 82 valence electrons. The standard InChI is InChI=1S/C10H10BrFO3/c1-4-6(11)3-7(12)9(13)8(4)5(2)10(14)15/h3,5,13H,1-2H3,(H,14,15). The molecule has 1 atom stereocenters. The highest BCUT2D eigenvalue weighted by atomic mass is 79.9. The fraction of sp³-hybridized carbons (Fsp3) is 0.300. The number of phenols is 1. The number of aromatic hydroxyl groups is 1. The van der Waals surface area contributed by atoms with Gasteiger partial charge in [0.25, 0.3) is 0 Å². The lowest BCUT2D eigenvalue weighted by atomic mass is 9.95. The molecule has 0 spiro atoms. The van der Waals surface area contributed by atoms with Crippen LogP contribution in [0.15, 0.2) is 10.5 Å². The molecule has 0 aromatic heterocycles. The van der Waals surface area contributed by atoms with Crippen molar-refractivity contribution in [3.63, 3.8) is 0 Å². The molecule has 2 N–H and O–H groups in total. The summed E-state index contributed by atoms with van der Waals surface area (Å²) in [5.41, 5.74) is 0.637. The van der Waals surface area contributed by atoms with Crippen LogP contribution in [0.5, 0.6) is 5.75 Å². The van der Waals surface area contributed by atoms with Crippen LogP contribution in [0, 0.1) is 12.7 Å². The summed E-state index contributed by atoms with van der Waals surface area (Å²) >= 11 is 3.10. The predicted octanol–water partition coefficient (Wildman–Crippen LogP) is 2.79. The number of rotatable bonds is 2. The minimum absolute atomic E-state index is 0.106. The largest absolute Gasteiger partial charge is 0.505 e. The molecule has 0 saturated heterocycles. The van der Waals surface area contributed by atoms with Gasteiger partial charge in [-0.2, -0.15) is 0 Å². The summed E-state index contributed by atoms with van der Waals surface area (Å²) in [6.45, 7) is 3.02. The van der Waals surface area contributed by atoms with Gasteiger partial charge in [0.05, 0.1) is 5.92 Å². The minimum atomic E-state index is -1.11. The maximum absolute atomic E-state index is 13.2. The molecule has 0 aliphatic rings. The molecule has 15 heavy (non-hydrogen) atoms. The van der Waals surface area contributed by atoms with Gasteiger partial charge in [0.1, 0.15) is 0 Å². The third kappa shape index (κ3) is 2.12. The Hall–Kier alpha value is -1.10. The molecular weight excluding hydrogens is 267 g/mol. The monoisotopic (exact) mass is 276 g/mol. The Morgan fingerprint density at radius 2 is 2.13 bits per heavy atom. The molecule has 0 fully saturated rings. The van der Waals surface area contributed by atoms with Crippen molar-refractivity contribution in [3.8, 4) is 5.75 Å². The van der Waals surface area contributed by atoms with Crippen molar-refractivity contribution in [2.75, 3.05) is 0 Å². The van der Waals surface area contributed by atoms with Gasteiger partial charge < -0.3 is 10.2 Å². The molecule has 0 heterocycles. The number of hydrogen-bond acceptors (Lipinski definition) is 2. The van der Waals surface area contributed by atoms with E-state index in [1.54, 1.807) is 6.92 Å². The van der Waals surface area contributed by atoms with Crippen molar-refractivity contribution in [2.45, 2.75) is 19.8 Å². The van der Waals surface area contributed by atoms with Crippen LogP contribution in [0.2, 0.25) is 0 Å². The summed E-state index contributed by atoms with van der Waals surface area (Å²) in [5.74, 6) is -3.47. The topological polar surface area (TPSA) is 57.5 Å². The van der Waals surface area contributed by atoms with Crippen LogP contribution in [0.3, 0.4) is 0 Å². The second kappa shape index (κ2) is 4.18. The highest BCUT2D eigenvalue weighted by Gasteiger charge is 2.23. The van der Waals surface area contributed by atoms with Gasteiger partial charge in [0, 0.05) is 10.0 Å². The highest BCUT2D eigenvalue weighted by molar-refractivity contribution is 9.10. The lowest BCUT2D eigenvalue weighted by Gasteiger charge is -2.14.